The lowest BCUT2D eigenvalue weighted by atomic mass is 9.96. The van der Waals surface area contributed by atoms with Gasteiger partial charge in [-0.25, -0.2) is 0 Å². The summed E-state index contributed by atoms with van der Waals surface area (Å²) >= 11 is 0. The van der Waals surface area contributed by atoms with E-state index in [1.54, 1.807) is 45.1 Å². The number of benzene rings is 1. The number of allylic oxidation sites excluding steroid dienone is 3. The summed E-state index contributed by atoms with van der Waals surface area (Å²) in [6.45, 7) is 10.8. The number of methoxy groups -OCH3 is 1. The molecule has 0 aliphatic rings. The van der Waals surface area contributed by atoms with E-state index in [0.29, 0.717) is 40.9 Å². The zero-order chi connectivity index (χ0) is 26.9. The van der Waals surface area contributed by atoms with Crippen LogP contribution in [0.5, 0.6) is 0 Å². The van der Waals surface area contributed by atoms with Gasteiger partial charge in [-0.15, -0.1) is 0 Å². The fraction of sp³-hybridized carbons (Fsp3) is 0.333. The number of amides is 1. The van der Waals surface area contributed by atoms with E-state index >= 15 is 0 Å². The molecule has 188 valence electrons. The molecule has 0 spiro atoms. The molecule has 1 amide bonds. The van der Waals surface area contributed by atoms with E-state index in [1.807, 2.05) is 6.79 Å². The average molecular weight is 484 g/mol. The van der Waals surface area contributed by atoms with Crippen LogP contribution in [0.1, 0.15) is 30.0 Å². The third kappa shape index (κ3) is 11.3. The first-order chi connectivity index (χ1) is 16.0. The molecule has 10 heteroatoms. The summed E-state index contributed by atoms with van der Waals surface area (Å²) < 4.78 is 45.2. The Labute approximate surface area is 198 Å². The number of nitrogens with one attached hydrogen (secondary N) is 1. The van der Waals surface area contributed by atoms with Crippen LogP contribution in [0, 0.1) is 0 Å². The van der Waals surface area contributed by atoms with Crippen LogP contribution >= 0.6 is 0 Å². The highest BCUT2D eigenvalue weighted by Gasteiger charge is 2.32. The van der Waals surface area contributed by atoms with Gasteiger partial charge in [0.15, 0.2) is 0 Å². The summed E-state index contributed by atoms with van der Waals surface area (Å²) in [6.07, 6.45) is 0.137. The zero-order valence-electron chi connectivity index (χ0n) is 20.2. The molecule has 7 nitrogen and oxygen atoms in total. The number of halogens is 3. The van der Waals surface area contributed by atoms with Crippen molar-refractivity contribution in [3.8, 4) is 0 Å². The molecule has 34 heavy (non-hydrogen) atoms. The highest BCUT2D eigenvalue weighted by atomic mass is 19.4. The third-order valence-electron chi connectivity index (χ3n) is 4.35. The minimum absolute atomic E-state index is 0.128. The first kappa shape index (κ1) is 32.5. The average Bonchev–Trinajstić information content (AvgIpc) is 2.82. The van der Waals surface area contributed by atoms with Gasteiger partial charge in [-0.05, 0) is 43.3 Å². The van der Waals surface area contributed by atoms with Crippen molar-refractivity contribution >= 4 is 43.7 Å². The minimum atomic E-state index is -4.53. The van der Waals surface area contributed by atoms with Gasteiger partial charge in [0.1, 0.15) is 6.79 Å². The topological polar surface area (TPSA) is 88.1 Å². The van der Waals surface area contributed by atoms with Crippen LogP contribution in [0.25, 0.3) is 12.2 Å². The highest BCUT2D eigenvalue weighted by molar-refractivity contribution is 5.79. The number of aliphatic imine (C=N–C) groups is 1. The first-order valence-electron chi connectivity index (χ1n) is 9.82. The molecule has 0 aromatic heterocycles. The van der Waals surface area contributed by atoms with Crippen LogP contribution in [-0.4, -0.2) is 65.2 Å². The van der Waals surface area contributed by atoms with Gasteiger partial charge in [-0.1, -0.05) is 24.8 Å². The predicted octanol–water partition coefficient (Wildman–Crippen LogP) is 4.36. The summed E-state index contributed by atoms with van der Waals surface area (Å²) in [5, 5.41) is 2.25. The minimum Gasteiger partial charge on any atom is -0.469 e. The fourth-order valence-corrected chi connectivity index (χ4v) is 2.46. The Morgan fingerprint density at radius 3 is 2.21 bits per heavy atom. The first-order valence-corrected chi connectivity index (χ1v) is 9.82. The van der Waals surface area contributed by atoms with E-state index in [0.717, 1.165) is 12.2 Å². The summed E-state index contributed by atoms with van der Waals surface area (Å²) in [4.78, 5) is 34.0. The number of ether oxygens (including phenoxy) is 1. The van der Waals surface area contributed by atoms with Crippen molar-refractivity contribution in [1.82, 2.24) is 10.2 Å². The fourth-order valence-electron chi connectivity index (χ4n) is 2.46. The zero-order valence-corrected chi connectivity index (χ0v) is 20.2. The van der Waals surface area contributed by atoms with E-state index in [2.05, 4.69) is 28.3 Å². The maximum absolute atomic E-state index is 13.5. The van der Waals surface area contributed by atoms with Crippen LogP contribution in [0.15, 0.2) is 41.1 Å². The normalized spacial score (nSPS) is 11.1. The number of hydrogen-bond donors (Lipinski definition) is 1. The third-order valence-corrected chi connectivity index (χ3v) is 4.35. The van der Waals surface area contributed by atoms with Crippen molar-refractivity contribution in [2.45, 2.75) is 25.9 Å². The number of rotatable bonds is 9. The Morgan fingerprint density at radius 1 is 1.26 bits per heavy atom. The lowest BCUT2D eigenvalue weighted by Crippen LogP contribution is -2.14. The van der Waals surface area contributed by atoms with Crippen molar-refractivity contribution in [3.63, 3.8) is 0 Å². The van der Waals surface area contributed by atoms with Crippen LogP contribution in [0.4, 0.5) is 18.9 Å². The van der Waals surface area contributed by atoms with Gasteiger partial charge < -0.3 is 19.7 Å². The van der Waals surface area contributed by atoms with Gasteiger partial charge >= 0.3 is 12.1 Å². The Balaban J connectivity index is 0. The van der Waals surface area contributed by atoms with Gasteiger partial charge in [0, 0.05) is 38.8 Å². The lowest BCUT2D eigenvalue weighted by Gasteiger charge is -2.16. The maximum atomic E-state index is 13.5. The molecule has 0 saturated carbocycles. The lowest BCUT2D eigenvalue weighted by molar-refractivity contribution is -0.140. The van der Waals surface area contributed by atoms with E-state index in [9.17, 15) is 18.0 Å². The molecule has 1 rings (SSSR count). The second-order valence-electron chi connectivity index (χ2n) is 6.70. The molecule has 0 bridgehead atoms. The van der Waals surface area contributed by atoms with Crippen LogP contribution in [-0.2, 0) is 25.5 Å². The monoisotopic (exact) mass is 483 g/mol. The number of aryl methyl sites for hydroxylation is 1. The molecule has 0 fully saturated rings. The molecule has 1 N–H and O–H groups in total. The number of alkyl halides is 3. The number of carbonyl (C=O) groups is 3. The van der Waals surface area contributed by atoms with E-state index in [-0.39, 0.29) is 12.4 Å². The summed E-state index contributed by atoms with van der Waals surface area (Å²) in [7, 11) is 6.20. The number of carbonyl (C=O) groups excluding carboxylic acids is 3. The van der Waals surface area contributed by atoms with E-state index < -0.39 is 11.7 Å². The highest BCUT2D eigenvalue weighted by Crippen LogP contribution is 2.34. The van der Waals surface area contributed by atoms with E-state index in [1.165, 1.54) is 13.2 Å². The standard InChI is InChI=1S/C21H25F3N2O2.C2H5NO.CH2O/c1-7-18-16(13-17(21(22,23)24)12-14(2)26(4)5)9-8-15(20(18)25-3)10-11-19(27)28-6;1-3-2-4;1-2/h7-9,12-13H,1,3,10-11H2,2,4-6H3;2H,1H3,(H,3,4);1H2/b14-12-,17-13-;;. The summed E-state index contributed by atoms with van der Waals surface area (Å²) in [6, 6.07) is 3.20. The van der Waals surface area contributed by atoms with Crippen molar-refractivity contribution in [2.24, 2.45) is 4.99 Å². The molecule has 0 aliphatic carbocycles. The molecule has 0 unspecified atom stereocenters. The molecule has 1 aromatic rings. The number of hydrogen-bond acceptors (Lipinski definition) is 6. The Hall–Kier alpha value is -3.69. The van der Waals surface area contributed by atoms with Crippen LogP contribution in [0.3, 0.4) is 0 Å². The molecule has 0 saturated heterocycles. The SMILES string of the molecule is C=Cc1c(/C=C(/C=C(/C)N(C)C)C(F)(F)F)ccc(CCC(=O)OC)c1N=C.C=O.CNC=O. The van der Waals surface area contributed by atoms with Crippen molar-refractivity contribution in [3.05, 3.63) is 52.7 Å². The molecule has 0 aliphatic heterocycles. The maximum Gasteiger partial charge on any atom is 0.416 e. The smallest absolute Gasteiger partial charge is 0.416 e. The molecular weight excluding hydrogens is 451 g/mol. The molecule has 0 radical (unpaired) electrons. The van der Waals surface area contributed by atoms with Gasteiger partial charge in [-0.3, -0.25) is 14.6 Å². The Morgan fingerprint density at radius 2 is 1.82 bits per heavy atom. The van der Waals surface area contributed by atoms with Gasteiger partial charge in [0.05, 0.1) is 18.4 Å². The van der Waals surface area contributed by atoms with Crippen LogP contribution < -0.4 is 5.32 Å². The second kappa shape index (κ2) is 16.9. The predicted molar refractivity (Wildman–Crippen MR) is 130 cm³/mol. The number of nitrogens with zero attached hydrogens (tertiary/aromatic N) is 2. The van der Waals surface area contributed by atoms with Gasteiger partial charge in [0.25, 0.3) is 0 Å². The summed E-state index contributed by atoms with van der Waals surface area (Å²) in [5.41, 5.74) is 1.49. The molecule has 0 atom stereocenters. The molecule has 0 heterocycles. The van der Waals surface area contributed by atoms with Crippen molar-refractivity contribution in [2.75, 3.05) is 28.3 Å². The Bertz CT molecular complexity index is 892. The van der Waals surface area contributed by atoms with Crippen molar-refractivity contribution in [1.29, 1.82) is 0 Å². The van der Waals surface area contributed by atoms with Crippen LogP contribution in [0.2, 0.25) is 0 Å². The number of esters is 1. The Kier molecular flexibility index (Phi) is 16.1. The molecular formula is C24H32F3N3O4. The van der Waals surface area contributed by atoms with Crippen molar-refractivity contribution < 1.29 is 32.3 Å². The summed E-state index contributed by atoms with van der Waals surface area (Å²) in [5.74, 6) is -0.386. The quantitative estimate of drug-likeness (QED) is 0.244. The van der Waals surface area contributed by atoms with Gasteiger partial charge in [0.2, 0.25) is 6.41 Å². The van der Waals surface area contributed by atoms with Gasteiger partial charge in [-0.2, -0.15) is 13.2 Å². The largest absolute Gasteiger partial charge is 0.469 e. The molecule has 1 aromatic carbocycles. The second-order valence-corrected chi connectivity index (χ2v) is 6.70. The van der Waals surface area contributed by atoms with E-state index in [4.69, 9.17) is 9.59 Å².